The lowest BCUT2D eigenvalue weighted by molar-refractivity contribution is -0.921. The van der Waals surface area contributed by atoms with Gasteiger partial charge in [0.15, 0.2) is 17.3 Å². The molecule has 3 rings (SSSR count). The molecule has 0 radical (unpaired) electrons. The quantitative estimate of drug-likeness (QED) is 0.545. The van der Waals surface area contributed by atoms with E-state index in [1.807, 2.05) is 30.3 Å². The summed E-state index contributed by atoms with van der Waals surface area (Å²) in [6.45, 7) is 4.25. The van der Waals surface area contributed by atoms with E-state index in [0.29, 0.717) is 17.1 Å². The maximum atomic E-state index is 12.8. The molecule has 1 heterocycles. The van der Waals surface area contributed by atoms with Gasteiger partial charge in [0.2, 0.25) is 0 Å². The molecule has 0 spiro atoms. The van der Waals surface area contributed by atoms with Crippen molar-refractivity contribution in [2.24, 2.45) is 0 Å². The van der Waals surface area contributed by atoms with Gasteiger partial charge in [-0.3, -0.25) is 4.79 Å². The fourth-order valence-electron chi connectivity index (χ4n) is 3.48. The van der Waals surface area contributed by atoms with Crippen LogP contribution in [0.3, 0.4) is 0 Å². The minimum Gasteiger partial charge on any atom is -0.496 e. The van der Waals surface area contributed by atoms with Gasteiger partial charge >= 0.3 is 0 Å². The molecule has 29 heavy (non-hydrogen) atoms. The van der Waals surface area contributed by atoms with Gasteiger partial charge in [0.1, 0.15) is 25.4 Å². The molecule has 2 aromatic rings. The monoisotopic (exact) mass is 398 g/mol. The fourth-order valence-corrected chi connectivity index (χ4v) is 3.48. The summed E-state index contributed by atoms with van der Waals surface area (Å²) in [5.41, 5.74) is 2.45. The number of hydrogen-bond donors (Lipinski definition) is 1. The smallest absolute Gasteiger partial charge is 0.185 e. The maximum Gasteiger partial charge on any atom is 0.185 e. The average molecular weight is 398 g/mol. The number of methoxy groups -OCH3 is 3. The van der Waals surface area contributed by atoms with Crippen molar-refractivity contribution in [3.05, 3.63) is 59.2 Å². The molecule has 0 atom stereocenters. The zero-order valence-corrected chi connectivity index (χ0v) is 17.2. The number of quaternary nitrogens is 1. The second-order valence-electron chi connectivity index (χ2n) is 6.85. The minimum absolute atomic E-state index is 0.0734. The summed E-state index contributed by atoms with van der Waals surface area (Å²) in [6, 6.07) is 11.2. The highest BCUT2D eigenvalue weighted by Crippen LogP contribution is 2.31. The lowest BCUT2D eigenvalue weighted by Gasteiger charge is -2.24. The van der Waals surface area contributed by atoms with E-state index in [9.17, 15) is 4.79 Å². The first-order chi connectivity index (χ1) is 14.2. The molecule has 0 bridgehead atoms. The number of morpholine rings is 1. The highest BCUT2D eigenvalue weighted by molar-refractivity contribution is 6.07. The van der Waals surface area contributed by atoms with Gasteiger partial charge in [0, 0.05) is 16.7 Å². The minimum atomic E-state index is -0.0734. The van der Waals surface area contributed by atoms with E-state index in [0.717, 1.165) is 49.7 Å². The van der Waals surface area contributed by atoms with Crippen LogP contribution in [0.4, 0.5) is 0 Å². The topological polar surface area (TPSA) is 58.4 Å². The first kappa shape index (κ1) is 20.9. The molecule has 0 aromatic heterocycles. The Morgan fingerprint density at radius 3 is 2.48 bits per heavy atom. The number of ether oxygens (including phenoxy) is 4. The standard InChI is InChI=1S/C23H27NO5/c1-26-21-10-8-18(15-19(21)16-24-11-13-29-14-12-24)20(25)9-7-17-5-4-6-22(27-2)23(17)28-3/h4-10,15H,11-14,16H2,1-3H3/p+1/b9-7+. The van der Waals surface area contributed by atoms with Crippen LogP contribution in [0.1, 0.15) is 21.5 Å². The first-order valence-electron chi connectivity index (χ1n) is 9.68. The predicted octanol–water partition coefficient (Wildman–Crippen LogP) is 2.02. The number of hydrogen-bond acceptors (Lipinski definition) is 5. The Hall–Kier alpha value is -2.83. The SMILES string of the molecule is COc1ccc(C(=O)/C=C/c2cccc(OC)c2OC)cc1C[NH+]1CCOCC1. The molecular weight excluding hydrogens is 370 g/mol. The Morgan fingerprint density at radius 2 is 1.79 bits per heavy atom. The summed E-state index contributed by atoms with van der Waals surface area (Å²) in [6.07, 6.45) is 3.31. The fraction of sp³-hybridized carbons (Fsp3) is 0.348. The van der Waals surface area contributed by atoms with Gasteiger partial charge in [-0.05, 0) is 36.4 Å². The van der Waals surface area contributed by atoms with Crippen LogP contribution >= 0.6 is 0 Å². The third-order valence-corrected chi connectivity index (χ3v) is 5.05. The molecule has 1 aliphatic heterocycles. The van der Waals surface area contributed by atoms with Gasteiger partial charge in [-0.1, -0.05) is 12.1 Å². The summed E-state index contributed by atoms with van der Waals surface area (Å²) in [7, 11) is 4.83. The molecule has 0 aliphatic carbocycles. The molecule has 0 unspecified atom stereocenters. The van der Waals surface area contributed by atoms with Crippen LogP contribution in [0.2, 0.25) is 0 Å². The molecule has 6 nitrogen and oxygen atoms in total. The summed E-state index contributed by atoms with van der Waals surface area (Å²) < 4.78 is 21.7. The van der Waals surface area contributed by atoms with E-state index in [1.165, 1.54) is 4.90 Å². The molecule has 154 valence electrons. The largest absolute Gasteiger partial charge is 0.496 e. The lowest BCUT2D eigenvalue weighted by Crippen LogP contribution is -3.12. The summed E-state index contributed by atoms with van der Waals surface area (Å²) in [4.78, 5) is 14.2. The summed E-state index contributed by atoms with van der Waals surface area (Å²) in [5, 5.41) is 0. The highest BCUT2D eigenvalue weighted by atomic mass is 16.5. The number of allylic oxidation sites excluding steroid dienone is 1. The average Bonchev–Trinajstić information content (AvgIpc) is 2.77. The van der Waals surface area contributed by atoms with E-state index in [2.05, 4.69) is 0 Å². The van der Waals surface area contributed by atoms with Crippen molar-refractivity contribution in [1.29, 1.82) is 0 Å². The molecule has 0 amide bonds. The van der Waals surface area contributed by atoms with Crippen LogP contribution in [0.5, 0.6) is 17.2 Å². The van der Waals surface area contributed by atoms with Crippen LogP contribution in [0.25, 0.3) is 6.08 Å². The molecule has 2 aromatic carbocycles. The highest BCUT2D eigenvalue weighted by Gasteiger charge is 2.18. The van der Waals surface area contributed by atoms with Crippen LogP contribution in [-0.2, 0) is 11.3 Å². The summed E-state index contributed by atoms with van der Waals surface area (Å²) in [5.74, 6) is 1.96. The number of nitrogens with one attached hydrogen (secondary N) is 1. The molecular formula is C23H28NO5+. The van der Waals surface area contributed by atoms with E-state index < -0.39 is 0 Å². The molecule has 0 saturated carbocycles. The molecule has 6 heteroatoms. The number of carbonyl (C=O) groups excluding carboxylic acids is 1. The van der Waals surface area contributed by atoms with Gasteiger partial charge in [-0.15, -0.1) is 0 Å². The van der Waals surface area contributed by atoms with Crippen molar-refractivity contribution in [1.82, 2.24) is 0 Å². The molecule has 1 aliphatic rings. The zero-order chi connectivity index (χ0) is 20.6. The Bertz CT molecular complexity index is 872. The van der Waals surface area contributed by atoms with Crippen molar-refractivity contribution in [3.8, 4) is 17.2 Å². The van der Waals surface area contributed by atoms with Crippen molar-refractivity contribution in [2.45, 2.75) is 6.54 Å². The predicted molar refractivity (Wildman–Crippen MR) is 111 cm³/mol. The van der Waals surface area contributed by atoms with Gasteiger partial charge in [0.05, 0.1) is 34.5 Å². The number of para-hydroxylation sites is 1. The van der Waals surface area contributed by atoms with E-state index in [4.69, 9.17) is 18.9 Å². The summed E-state index contributed by atoms with van der Waals surface area (Å²) >= 11 is 0. The second kappa shape index (κ2) is 10.1. The Kier molecular flexibility index (Phi) is 7.27. The molecule has 1 saturated heterocycles. The zero-order valence-electron chi connectivity index (χ0n) is 17.2. The van der Waals surface area contributed by atoms with Gasteiger partial charge in [-0.2, -0.15) is 0 Å². The van der Waals surface area contributed by atoms with Crippen molar-refractivity contribution in [2.75, 3.05) is 47.6 Å². The van der Waals surface area contributed by atoms with Crippen LogP contribution in [0.15, 0.2) is 42.5 Å². The van der Waals surface area contributed by atoms with Crippen molar-refractivity contribution < 1.29 is 28.6 Å². The number of benzene rings is 2. The molecule has 1 N–H and O–H groups in total. The van der Waals surface area contributed by atoms with Crippen LogP contribution in [0, 0.1) is 0 Å². The van der Waals surface area contributed by atoms with Gasteiger partial charge in [0.25, 0.3) is 0 Å². The van der Waals surface area contributed by atoms with E-state index >= 15 is 0 Å². The second-order valence-corrected chi connectivity index (χ2v) is 6.85. The third-order valence-electron chi connectivity index (χ3n) is 5.05. The van der Waals surface area contributed by atoms with Crippen molar-refractivity contribution in [3.63, 3.8) is 0 Å². The number of carbonyl (C=O) groups is 1. The third kappa shape index (κ3) is 5.16. The van der Waals surface area contributed by atoms with Gasteiger partial charge < -0.3 is 23.8 Å². The van der Waals surface area contributed by atoms with Crippen LogP contribution in [-0.4, -0.2) is 53.4 Å². The van der Waals surface area contributed by atoms with Crippen molar-refractivity contribution >= 4 is 11.9 Å². The normalized spacial score (nSPS) is 14.7. The Morgan fingerprint density at radius 1 is 1.03 bits per heavy atom. The number of ketones is 1. The first-order valence-corrected chi connectivity index (χ1v) is 9.68. The lowest BCUT2D eigenvalue weighted by atomic mass is 10.0. The maximum absolute atomic E-state index is 12.8. The van der Waals surface area contributed by atoms with Gasteiger partial charge in [-0.25, -0.2) is 0 Å². The van der Waals surface area contributed by atoms with Crippen LogP contribution < -0.4 is 19.1 Å². The Labute approximate surface area is 171 Å². The van der Waals surface area contributed by atoms with E-state index in [1.54, 1.807) is 39.5 Å². The molecule has 1 fully saturated rings. The Balaban J connectivity index is 1.80. The number of rotatable bonds is 8. The van der Waals surface area contributed by atoms with E-state index in [-0.39, 0.29) is 5.78 Å².